The molecule has 1 N–H and O–H groups in total. The molecular formula is C23H42O4. The summed E-state index contributed by atoms with van der Waals surface area (Å²) >= 11 is 0. The van der Waals surface area contributed by atoms with Crippen LogP contribution in [0.2, 0.25) is 0 Å². The molecule has 1 unspecified atom stereocenters. The van der Waals surface area contributed by atoms with E-state index in [9.17, 15) is 4.79 Å². The van der Waals surface area contributed by atoms with Gasteiger partial charge in [-0.3, -0.25) is 4.79 Å². The maximum Gasteiger partial charge on any atom is 0.303 e. The molecule has 2 heterocycles. The van der Waals surface area contributed by atoms with Crippen molar-refractivity contribution in [3.63, 3.8) is 0 Å². The number of hydrogen-bond donors (Lipinski definition) is 1. The Balaban J connectivity index is 0.000000783. The van der Waals surface area contributed by atoms with Gasteiger partial charge in [-0.2, -0.15) is 0 Å². The summed E-state index contributed by atoms with van der Waals surface area (Å²) in [5.74, 6) is -0.671. The molecule has 2 rings (SSSR count). The molecule has 4 nitrogen and oxygen atoms in total. The summed E-state index contributed by atoms with van der Waals surface area (Å²) in [4.78, 5) is 10.3. The van der Waals surface area contributed by atoms with E-state index in [0.29, 0.717) is 12.5 Å². The summed E-state index contributed by atoms with van der Waals surface area (Å²) in [7, 11) is 0. The fraction of sp³-hybridized carbons (Fsp3) is 0.783. The number of epoxide rings is 2. The standard InChI is InChI=1S/C18H32O2.C3H6O.C2H4O/c1-2-3-4-5-6-7-8-9-10-11-12-13-14-15-16-17-18(19)20;1-3-2-4-3;1-2-3-1/h6-7,9-10H,2-5,8,11-17H2,1H3,(H,19,20);3H,2H2,1H3;1-2H2/b7-6-,10-9-;;. The van der Waals surface area contributed by atoms with Gasteiger partial charge in [0.2, 0.25) is 0 Å². The zero-order chi connectivity index (χ0) is 20.0. The minimum atomic E-state index is -0.671. The fourth-order valence-electron chi connectivity index (χ4n) is 2.18. The number of carbonyl (C=O) groups is 1. The second kappa shape index (κ2) is 21.2. The van der Waals surface area contributed by atoms with Gasteiger partial charge in [-0.1, -0.05) is 63.3 Å². The Hall–Kier alpha value is -1.13. The highest BCUT2D eigenvalue weighted by molar-refractivity contribution is 5.66. The lowest BCUT2D eigenvalue weighted by atomic mass is 10.1. The monoisotopic (exact) mass is 382 g/mol. The lowest BCUT2D eigenvalue weighted by Gasteiger charge is -1.98. The van der Waals surface area contributed by atoms with Crippen molar-refractivity contribution in [2.45, 2.75) is 97.0 Å². The maximum absolute atomic E-state index is 10.3. The average molecular weight is 383 g/mol. The molecule has 0 aliphatic carbocycles. The van der Waals surface area contributed by atoms with E-state index in [1.165, 1.54) is 44.9 Å². The molecule has 158 valence electrons. The van der Waals surface area contributed by atoms with E-state index >= 15 is 0 Å². The molecule has 2 saturated heterocycles. The van der Waals surface area contributed by atoms with Gasteiger partial charge in [-0.25, -0.2) is 0 Å². The minimum absolute atomic E-state index is 0.324. The van der Waals surface area contributed by atoms with Crippen molar-refractivity contribution < 1.29 is 19.4 Å². The van der Waals surface area contributed by atoms with Crippen LogP contribution in [0.1, 0.15) is 90.9 Å². The number of hydrogen-bond acceptors (Lipinski definition) is 3. The highest BCUT2D eigenvalue weighted by Gasteiger charge is 2.13. The van der Waals surface area contributed by atoms with E-state index in [1.54, 1.807) is 0 Å². The molecule has 0 saturated carbocycles. The van der Waals surface area contributed by atoms with Crippen LogP contribution in [-0.4, -0.2) is 37.0 Å². The molecule has 2 aliphatic heterocycles. The van der Waals surface area contributed by atoms with E-state index in [2.05, 4.69) is 42.9 Å². The van der Waals surface area contributed by atoms with Gasteiger partial charge < -0.3 is 14.6 Å². The van der Waals surface area contributed by atoms with Crippen LogP contribution in [0.3, 0.4) is 0 Å². The number of unbranched alkanes of at least 4 members (excludes halogenated alkanes) is 8. The zero-order valence-corrected chi connectivity index (χ0v) is 17.7. The maximum atomic E-state index is 10.3. The third-order valence-electron chi connectivity index (χ3n) is 4.05. The predicted octanol–water partition coefficient (Wildman–Crippen LogP) is 6.31. The summed E-state index contributed by atoms with van der Waals surface area (Å²) in [6, 6.07) is 0. The summed E-state index contributed by atoms with van der Waals surface area (Å²) in [6.45, 7) is 7.28. The number of allylic oxidation sites excluding steroid dienone is 4. The first-order valence-corrected chi connectivity index (χ1v) is 10.9. The van der Waals surface area contributed by atoms with Crippen LogP contribution in [0.25, 0.3) is 0 Å². The van der Waals surface area contributed by atoms with Gasteiger partial charge in [0, 0.05) is 6.42 Å². The molecule has 0 aromatic heterocycles. The van der Waals surface area contributed by atoms with Crippen LogP contribution in [0.15, 0.2) is 24.3 Å². The molecule has 0 bridgehead atoms. The van der Waals surface area contributed by atoms with Crippen molar-refractivity contribution in [2.24, 2.45) is 0 Å². The second-order valence-electron chi connectivity index (χ2n) is 7.13. The van der Waals surface area contributed by atoms with E-state index in [0.717, 1.165) is 45.5 Å². The van der Waals surface area contributed by atoms with Crippen molar-refractivity contribution in [3.05, 3.63) is 24.3 Å². The van der Waals surface area contributed by atoms with Gasteiger partial charge in [0.15, 0.2) is 0 Å². The Morgan fingerprint density at radius 2 is 1.41 bits per heavy atom. The molecule has 0 aromatic rings. The molecule has 0 radical (unpaired) electrons. The summed E-state index contributed by atoms with van der Waals surface area (Å²) < 4.78 is 9.21. The summed E-state index contributed by atoms with van der Waals surface area (Å²) in [6.07, 6.45) is 22.9. The number of carboxylic acids is 1. The normalized spacial score (nSPS) is 17.2. The Labute approximate surface area is 167 Å². The summed E-state index contributed by atoms with van der Waals surface area (Å²) in [5.41, 5.74) is 0. The molecule has 4 heteroatoms. The van der Waals surface area contributed by atoms with Crippen LogP contribution in [-0.2, 0) is 14.3 Å². The van der Waals surface area contributed by atoms with Gasteiger partial charge in [0.05, 0.1) is 25.9 Å². The average Bonchev–Trinajstić information content (AvgIpc) is 3.53. The van der Waals surface area contributed by atoms with Crippen LogP contribution in [0.4, 0.5) is 0 Å². The van der Waals surface area contributed by atoms with Crippen LogP contribution < -0.4 is 0 Å². The van der Waals surface area contributed by atoms with Gasteiger partial charge in [-0.15, -0.1) is 0 Å². The Morgan fingerprint density at radius 1 is 0.926 bits per heavy atom. The third kappa shape index (κ3) is 32.9. The summed E-state index contributed by atoms with van der Waals surface area (Å²) in [5, 5.41) is 8.50. The smallest absolute Gasteiger partial charge is 0.303 e. The largest absolute Gasteiger partial charge is 0.481 e. The molecule has 0 aromatic carbocycles. The molecule has 2 aliphatic rings. The van der Waals surface area contributed by atoms with Crippen LogP contribution in [0.5, 0.6) is 0 Å². The number of rotatable bonds is 14. The van der Waals surface area contributed by atoms with E-state index < -0.39 is 5.97 Å². The van der Waals surface area contributed by atoms with E-state index in [-0.39, 0.29) is 0 Å². The van der Waals surface area contributed by atoms with E-state index in [1.807, 2.05) is 0 Å². The van der Waals surface area contributed by atoms with Gasteiger partial charge in [-0.05, 0) is 45.4 Å². The van der Waals surface area contributed by atoms with Crippen molar-refractivity contribution in [1.82, 2.24) is 0 Å². The number of carboxylic acid groups (broad SMARTS) is 1. The molecule has 0 amide bonds. The van der Waals surface area contributed by atoms with Crippen LogP contribution in [0, 0.1) is 0 Å². The van der Waals surface area contributed by atoms with Crippen molar-refractivity contribution in [2.75, 3.05) is 19.8 Å². The molecule has 1 atom stereocenters. The third-order valence-corrected chi connectivity index (χ3v) is 4.05. The quantitative estimate of drug-likeness (QED) is 0.217. The first-order chi connectivity index (χ1) is 13.2. The molecular weight excluding hydrogens is 340 g/mol. The Bertz CT molecular complexity index is 368. The first-order valence-electron chi connectivity index (χ1n) is 10.9. The molecule has 2 fully saturated rings. The van der Waals surface area contributed by atoms with Crippen molar-refractivity contribution in [1.29, 1.82) is 0 Å². The Morgan fingerprint density at radius 3 is 1.85 bits per heavy atom. The first kappa shape index (κ1) is 25.9. The van der Waals surface area contributed by atoms with Gasteiger partial charge in [0.25, 0.3) is 0 Å². The topological polar surface area (TPSA) is 62.4 Å². The highest BCUT2D eigenvalue weighted by Crippen LogP contribution is 2.08. The van der Waals surface area contributed by atoms with Gasteiger partial charge >= 0.3 is 5.97 Å². The minimum Gasteiger partial charge on any atom is -0.481 e. The lowest BCUT2D eigenvalue weighted by Crippen LogP contribution is -1.93. The second-order valence-corrected chi connectivity index (χ2v) is 7.13. The SMILES string of the molecule is C1CO1.CC1CO1.CCCCC/C=C\C/C=C\CCCCCCCC(=O)O. The zero-order valence-electron chi connectivity index (χ0n) is 17.7. The highest BCUT2D eigenvalue weighted by atomic mass is 16.6. The van der Waals surface area contributed by atoms with E-state index in [4.69, 9.17) is 9.84 Å². The Kier molecular flexibility index (Phi) is 20.3. The molecule has 27 heavy (non-hydrogen) atoms. The predicted molar refractivity (Wildman–Crippen MR) is 113 cm³/mol. The number of ether oxygens (including phenoxy) is 2. The van der Waals surface area contributed by atoms with Crippen molar-refractivity contribution in [3.8, 4) is 0 Å². The number of aliphatic carboxylic acids is 1. The van der Waals surface area contributed by atoms with Crippen molar-refractivity contribution >= 4 is 5.97 Å². The van der Waals surface area contributed by atoms with Crippen LogP contribution >= 0.6 is 0 Å². The molecule has 0 spiro atoms. The lowest BCUT2D eigenvalue weighted by molar-refractivity contribution is -0.137. The fourth-order valence-corrected chi connectivity index (χ4v) is 2.18. The van der Waals surface area contributed by atoms with Gasteiger partial charge in [0.1, 0.15) is 0 Å².